The molecule has 2 aromatic rings. The molecule has 4 rings (SSSR count). The molecule has 4 nitrogen and oxygen atoms in total. The molecule has 2 heterocycles. The second-order valence-electron chi connectivity index (χ2n) is 8.53. The van der Waals surface area contributed by atoms with Gasteiger partial charge in [-0.1, -0.05) is 46.3 Å². The van der Waals surface area contributed by atoms with Crippen molar-refractivity contribution < 1.29 is 14.3 Å². The third kappa shape index (κ3) is 4.28. The number of aryl methyl sites for hydroxylation is 2. The number of hydrogen-bond donors (Lipinski definition) is 0. The maximum atomic E-state index is 13.8. The Morgan fingerprint density at radius 1 is 1.03 bits per heavy atom. The Labute approximate surface area is 187 Å². The van der Waals surface area contributed by atoms with E-state index in [1.807, 2.05) is 12.1 Å². The van der Waals surface area contributed by atoms with Gasteiger partial charge in [0.2, 0.25) is 5.91 Å². The van der Waals surface area contributed by atoms with Gasteiger partial charge in [-0.15, -0.1) is 0 Å². The van der Waals surface area contributed by atoms with Crippen LogP contribution in [-0.2, 0) is 14.9 Å². The molecule has 2 aliphatic heterocycles. The van der Waals surface area contributed by atoms with Crippen molar-refractivity contribution in [2.75, 3.05) is 26.3 Å². The van der Waals surface area contributed by atoms with Gasteiger partial charge in [-0.05, 0) is 55.5 Å². The Morgan fingerprint density at radius 2 is 1.63 bits per heavy atom. The van der Waals surface area contributed by atoms with Crippen molar-refractivity contribution in [3.63, 3.8) is 0 Å². The zero-order chi connectivity index (χ0) is 21.1. The van der Waals surface area contributed by atoms with Crippen LogP contribution < -0.4 is 4.74 Å². The van der Waals surface area contributed by atoms with Crippen LogP contribution in [0.25, 0.3) is 0 Å². The Bertz CT molecular complexity index is 862. The van der Waals surface area contributed by atoms with Gasteiger partial charge in [-0.2, -0.15) is 0 Å². The maximum absolute atomic E-state index is 13.8. The average Bonchev–Trinajstić information content (AvgIpc) is 2.77. The third-order valence-electron chi connectivity index (χ3n) is 6.58. The number of nitrogens with zero attached hydrogens (tertiary/aromatic N) is 1. The molecule has 0 bridgehead atoms. The first kappa shape index (κ1) is 21.4. The van der Waals surface area contributed by atoms with Gasteiger partial charge >= 0.3 is 0 Å². The lowest BCUT2D eigenvalue weighted by atomic mass is 9.72. The molecule has 2 aliphatic rings. The van der Waals surface area contributed by atoms with Gasteiger partial charge in [-0.25, -0.2) is 0 Å². The molecule has 0 saturated carbocycles. The van der Waals surface area contributed by atoms with Crippen molar-refractivity contribution in [1.29, 1.82) is 0 Å². The molecule has 0 N–H and O–H groups in total. The maximum Gasteiger partial charge on any atom is 0.233 e. The number of ether oxygens (including phenoxy) is 2. The van der Waals surface area contributed by atoms with Crippen LogP contribution >= 0.6 is 15.9 Å². The van der Waals surface area contributed by atoms with Crippen molar-refractivity contribution in [3.8, 4) is 5.75 Å². The van der Waals surface area contributed by atoms with E-state index in [9.17, 15) is 4.79 Å². The normalized spacial score (nSPS) is 19.5. The first-order valence-corrected chi connectivity index (χ1v) is 11.6. The quantitative estimate of drug-likeness (QED) is 0.615. The van der Waals surface area contributed by atoms with E-state index >= 15 is 0 Å². The largest absolute Gasteiger partial charge is 0.490 e. The van der Waals surface area contributed by atoms with Crippen LogP contribution in [-0.4, -0.2) is 43.2 Å². The number of para-hydroxylation sites is 1. The first-order chi connectivity index (χ1) is 14.5. The van der Waals surface area contributed by atoms with E-state index in [0.29, 0.717) is 13.2 Å². The van der Waals surface area contributed by atoms with Crippen LogP contribution in [0.4, 0.5) is 0 Å². The van der Waals surface area contributed by atoms with Crippen LogP contribution in [0.1, 0.15) is 42.4 Å². The second-order valence-corrected chi connectivity index (χ2v) is 9.45. The van der Waals surface area contributed by atoms with Crippen molar-refractivity contribution in [1.82, 2.24) is 4.90 Å². The molecule has 2 fully saturated rings. The van der Waals surface area contributed by atoms with E-state index < -0.39 is 5.41 Å². The summed E-state index contributed by atoms with van der Waals surface area (Å²) in [7, 11) is 0. The van der Waals surface area contributed by atoms with Crippen LogP contribution in [0.15, 0.2) is 46.9 Å². The second kappa shape index (κ2) is 9.11. The summed E-state index contributed by atoms with van der Waals surface area (Å²) in [6.45, 7) is 6.94. The molecule has 160 valence electrons. The number of piperidine rings is 1. The summed E-state index contributed by atoms with van der Waals surface area (Å²) in [6.07, 6.45) is 3.38. The fraction of sp³-hybridized carbons (Fsp3) is 0.480. The number of carbonyl (C=O) groups excluding carboxylic acids is 1. The topological polar surface area (TPSA) is 38.8 Å². The summed E-state index contributed by atoms with van der Waals surface area (Å²) in [4.78, 5) is 15.8. The Hall–Kier alpha value is -1.85. The van der Waals surface area contributed by atoms with E-state index in [1.165, 1.54) is 11.1 Å². The van der Waals surface area contributed by atoms with Gasteiger partial charge in [-0.3, -0.25) is 4.79 Å². The number of rotatable bonds is 4. The Kier molecular flexibility index (Phi) is 6.49. The van der Waals surface area contributed by atoms with E-state index in [1.54, 1.807) is 0 Å². The summed E-state index contributed by atoms with van der Waals surface area (Å²) in [5.74, 6) is 1.25. The summed E-state index contributed by atoms with van der Waals surface area (Å²) in [5.41, 5.74) is 2.97. The molecule has 0 atom stereocenters. The van der Waals surface area contributed by atoms with E-state index in [0.717, 1.165) is 54.6 Å². The number of carbonyl (C=O) groups is 1. The SMILES string of the molecule is Cc1cccc(C)c1OC1CCN(C(=O)C2(c3ccc(Br)cc3)CCOCC2)CC1. The van der Waals surface area contributed by atoms with E-state index in [-0.39, 0.29) is 12.0 Å². The van der Waals surface area contributed by atoms with Crippen LogP contribution in [0.2, 0.25) is 0 Å². The first-order valence-electron chi connectivity index (χ1n) is 10.9. The van der Waals surface area contributed by atoms with Gasteiger partial charge in [0.25, 0.3) is 0 Å². The van der Waals surface area contributed by atoms with Crippen LogP contribution in [0, 0.1) is 13.8 Å². The fourth-order valence-corrected chi connectivity index (χ4v) is 5.01. The Morgan fingerprint density at radius 3 is 2.23 bits per heavy atom. The lowest BCUT2D eigenvalue weighted by molar-refractivity contribution is -0.143. The number of halogens is 1. The minimum Gasteiger partial charge on any atom is -0.490 e. The van der Waals surface area contributed by atoms with Crippen molar-refractivity contribution in [2.24, 2.45) is 0 Å². The molecule has 0 aromatic heterocycles. The molecule has 0 spiro atoms. The number of likely N-dealkylation sites (tertiary alicyclic amines) is 1. The molecule has 0 radical (unpaired) electrons. The molecular formula is C25H30BrNO3. The highest BCUT2D eigenvalue weighted by Crippen LogP contribution is 2.38. The highest BCUT2D eigenvalue weighted by molar-refractivity contribution is 9.10. The van der Waals surface area contributed by atoms with Crippen molar-refractivity contribution in [2.45, 2.75) is 51.0 Å². The number of hydrogen-bond acceptors (Lipinski definition) is 3. The van der Waals surface area contributed by atoms with Crippen LogP contribution in [0.3, 0.4) is 0 Å². The molecular weight excluding hydrogens is 442 g/mol. The molecule has 0 unspecified atom stereocenters. The van der Waals surface area contributed by atoms with E-state index in [4.69, 9.17) is 9.47 Å². The molecule has 30 heavy (non-hydrogen) atoms. The molecule has 1 amide bonds. The number of benzene rings is 2. The third-order valence-corrected chi connectivity index (χ3v) is 7.10. The molecule has 2 aromatic carbocycles. The predicted octanol–water partition coefficient (Wildman–Crippen LogP) is 5.18. The van der Waals surface area contributed by atoms with Crippen molar-refractivity contribution in [3.05, 3.63) is 63.6 Å². The molecule has 5 heteroatoms. The zero-order valence-corrected chi connectivity index (χ0v) is 19.4. The van der Waals surface area contributed by atoms with Gasteiger partial charge in [0, 0.05) is 43.6 Å². The van der Waals surface area contributed by atoms with Gasteiger partial charge < -0.3 is 14.4 Å². The highest BCUT2D eigenvalue weighted by atomic mass is 79.9. The average molecular weight is 472 g/mol. The predicted molar refractivity (Wildman–Crippen MR) is 122 cm³/mol. The molecule has 0 aliphatic carbocycles. The highest BCUT2D eigenvalue weighted by Gasteiger charge is 2.44. The van der Waals surface area contributed by atoms with Gasteiger partial charge in [0.1, 0.15) is 11.9 Å². The van der Waals surface area contributed by atoms with Crippen LogP contribution in [0.5, 0.6) is 5.75 Å². The van der Waals surface area contributed by atoms with Crippen molar-refractivity contribution >= 4 is 21.8 Å². The molecule has 2 saturated heterocycles. The zero-order valence-electron chi connectivity index (χ0n) is 17.8. The fourth-order valence-electron chi connectivity index (χ4n) is 4.75. The number of amides is 1. The van der Waals surface area contributed by atoms with Gasteiger partial charge in [0.15, 0.2) is 0 Å². The lowest BCUT2D eigenvalue weighted by Crippen LogP contribution is -2.53. The van der Waals surface area contributed by atoms with Gasteiger partial charge in [0.05, 0.1) is 5.41 Å². The summed E-state index contributed by atoms with van der Waals surface area (Å²) in [6, 6.07) is 14.5. The Balaban J connectivity index is 1.46. The summed E-state index contributed by atoms with van der Waals surface area (Å²) >= 11 is 3.51. The minimum absolute atomic E-state index is 0.159. The summed E-state index contributed by atoms with van der Waals surface area (Å²) in [5, 5.41) is 0. The summed E-state index contributed by atoms with van der Waals surface area (Å²) < 4.78 is 13.0. The smallest absolute Gasteiger partial charge is 0.233 e. The minimum atomic E-state index is -0.473. The lowest BCUT2D eigenvalue weighted by Gasteiger charge is -2.42. The van der Waals surface area contributed by atoms with E-state index in [2.05, 4.69) is 65.0 Å². The standard InChI is InChI=1S/C25H30BrNO3/c1-18-4-3-5-19(2)23(18)30-22-10-14-27(15-11-22)24(28)25(12-16-29-17-13-25)20-6-8-21(26)9-7-20/h3-9,22H,10-17H2,1-2H3. The monoisotopic (exact) mass is 471 g/mol.